The average Bonchev–Trinajstić information content (AvgIpc) is 2.91. The maximum atomic E-state index is 12.7. The number of rotatable bonds is 8. The highest BCUT2D eigenvalue weighted by molar-refractivity contribution is 7.57. The summed E-state index contributed by atoms with van der Waals surface area (Å²) in [5, 5.41) is 10.6. The molecule has 27 heavy (non-hydrogen) atoms. The van der Waals surface area contributed by atoms with Crippen molar-refractivity contribution in [2.24, 2.45) is 0 Å². The maximum absolute atomic E-state index is 12.7. The summed E-state index contributed by atoms with van der Waals surface area (Å²) in [6.07, 6.45) is -2.67. The smallest absolute Gasteiger partial charge is 0.354 e. The van der Waals surface area contributed by atoms with Crippen molar-refractivity contribution in [3.8, 4) is 0 Å². The highest BCUT2D eigenvalue weighted by Crippen LogP contribution is 2.51. The lowest BCUT2D eigenvalue weighted by atomic mass is 10.1. The third kappa shape index (κ3) is 4.84. The zero-order chi connectivity index (χ0) is 20.2. The highest BCUT2D eigenvalue weighted by atomic mass is 31.2. The zero-order valence-electron chi connectivity index (χ0n) is 15.7. The Balaban J connectivity index is 2.36. The van der Waals surface area contributed by atoms with Gasteiger partial charge in [-0.3, -0.25) is 18.9 Å². The Kier molecular flexibility index (Phi) is 7.32. The highest BCUT2D eigenvalue weighted by Gasteiger charge is 2.46. The van der Waals surface area contributed by atoms with E-state index in [1.807, 2.05) is 0 Å². The van der Waals surface area contributed by atoms with E-state index < -0.39 is 43.4 Å². The van der Waals surface area contributed by atoms with Crippen LogP contribution in [0.25, 0.3) is 0 Å². The predicted molar refractivity (Wildman–Crippen MR) is 96.7 cm³/mol. The molecule has 11 heteroatoms. The largest absolute Gasteiger partial charge is 0.387 e. The van der Waals surface area contributed by atoms with Crippen LogP contribution < -0.4 is 11.2 Å². The summed E-state index contributed by atoms with van der Waals surface area (Å²) in [5.74, 6) is 1.30. The van der Waals surface area contributed by atoms with Crippen LogP contribution in [-0.4, -0.2) is 53.3 Å². The number of aromatic nitrogens is 2. The molecule has 0 amide bonds. The van der Waals surface area contributed by atoms with Crippen LogP contribution in [0.5, 0.6) is 0 Å². The quantitative estimate of drug-likeness (QED) is 0.614. The van der Waals surface area contributed by atoms with Gasteiger partial charge in [-0.2, -0.15) is 0 Å². The number of methoxy groups -OCH3 is 1. The molecule has 1 saturated heterocycles. The number of aliphatic hydroxyl groups is 1. The minimum atomic E-state index is -3.50. The Morgan fingerprint density at radius 1 is 1.37 bits per heavy atom. The molecule has 0 aliphatic carbocycles. The van der Waals surface area contributed by atoms with Crippen LogP contribution in [0.4, 0.5) is 0 Å². The number of nitrogens with one attached hydrogen (secondary N) is 1. The van der Waals surface area contributed by atoms with E-state index in [9.17, 15) is 19.3 Å². The van der Waals surface area contributed by atoms with Gasteiger partial charge in [0.05, 0.1) is 13.2 Å². The molecule has 2 rings (SSSR count). The fourth-order valence-electron chi connectivity index (χ4n) is 2.93. The van der Waals surface area contributed by atoms with Gasteiger partial charge in [0, 0.05) is 25.2 Å². The summed E-state index contributed by atoms with van der Waals surface area (Å²) in [5.41, 5.74) is -0.834. The summed E-state index contributed by atoms with van der Waals surface area (Å²) in [4.78, 5) is 25.5. The number of hydrogen-bond acceptors (Lipinski definition) is 8. The van der Waals surface area contributed by atoms with Crippen LogP contribution >= 0.6 is 7.60 Å². The van der Waals surface area contributed by atoms with Gasteiger partial charge in [0.25, 0.3) is 5.56 Å². The predicted octanol–water partition coefficient (Wildman–Crippen LogP) is 0.980. The van der Waals surface area contributed by atoms with Crippen LogP contribution in [0.3, 0.4) is 0 Å². The number of ether oxygens (including phenoxy) is 2. The lowest BCUT2D eigenvalue weighted by molar-refractivity contribution is -0.0500. The molecule has 1 aliphatic heterocycles. The van der Waals surface area contributed by atoms with E-state index in [0.717, 1.165) is 10.6 Å². The van der Waals surface area contributed by atoms with Gasteiger partial charge >= 0.3 is 13.3 Å². The number of aliphatic hydroxyl groups excluding tert-OH is 1. The van der Waals surface area contributed by atoms with E-state index in [1.54, 1.807) is 20.8 Å². The van der Waals surface area contributed by atoms with E-state index in [-0.39, 0.29) is 13.2 Å². The Morgan fingerprint density at radius 3 is 2.52 bits per heavy atom. The van der Waals surface area contributed by atoms with E-state index in [4.69, 9.17) is 18.5 Å². The molecular formula is C16H25N2O8P. The molecule has 10 nitrogen and oxygen atoms in total. The molecule has 1 aromatic heterocycles. The van der Waals surface area contributed by atoms with E-state index in [1.165, 1.54) is 19.1 Å². The van der Waals surface area contributed by atoms with E-state index >= 15 is 0 Å². The lowest BCUT2D eigenvalue weighted by Crippen LogP contribution is -2.38. The van der Waals surface area contributed by atoms with Gasteiger partial charge in [-0.1, -0.05) is 0 Å². The van der Waals surface area contributed by atoms with Crippen LogP contribution in [0.15, 0.2) is 33.2 Å². The summed E-state index contributed by atoms with van der Waals surface area (Å²) in [7, 11) is -2.13. The second-order valence-electron chi connectivity index (χ2n) is 5.90. The molecule has 1 aliphatic rings. The molecule has 152 valence electrons. The second kappa shape index (κ2) is 9.09. The van der Waals surface area contributed by atoms with Crippen molar-refractivity contribution in [3.63, 3.8) is 0 Å². The Labute approximate surface area is 156 Å². The molecule has 1 fully saturated rings. The Morgan fingerprint density at radius 2 is 2.00 bits per heavy atom. The van der Waals surface area contributed by atoms with Crippen molar-refractivity contribution < 1.29 is 28.2 Å². The van der Waals surface area contributed by atoms with Gasteiger partial charge in [0.2, 0.25) is 0 Å². The minimum Gasteiger partial charge on any atom is -0.387 e. The number of H-pyrrole nitrogens is 1. The SMILES string of the molecule is CCOP(=O)(/C=C(\C)[C@H]1O[C@@H](n2ccc(=O)[nH]c2=O)C(OC)C1O)OCC. The molecule has 2 heterocycles. The molecular weight excluding hydrogens is 379 g/mol. The van der Waals surface area contributed by atoms with Crippen LogP contribution in [0.1, 0.15) is 27.0 Å². The molecule has 4 atom stereocenters. The van der Waals surface area contributed by atoms with Crippen molar-refractivity contribution in [3.05, 3.63) is 44.5 Å². The van der Waals surface area contributed by atoms with Gasteiger partial charge in [-0.25, -0.2) is 4.79 Å². The van der Waals surface area contributed by atoms with Crippen LogP contribution in [0, 0.1) is 0 Å². The van der Waals surface area contributed by atoms with Gasteiger partial charge in [-0.05, 0) is 26.3 Å². The van der Waals surface area contributed by atoms with Crippen molar-refractivity contribution in [1.29, 1.82) is 0 Å². The average molecular weight is 404 g/mol. The fourth-order valence-corrected chi connectivity index (χ4v) is 4.52. The number of aromatic amines is 1. The molecule has 0 spiro atoms. The molecule has 0 radical (unpaired) electrons. The zero-order valence-corrected chi connectivity index (χ0v) is 16.5. The molecule has 0 saturated carbocycles. The molecule has 2 unspecified atom stereocenters. The van der Waals surface area contributed by atoms with Gasteiger partial charge in [0.15, 0.2) is 6.23 Å². The van der Waals surface area contributed by atoms with Gasteiger partial charge in [0.1, 0.15) is 18.3 Å². The number of nitrogens with zero attached hydrogens (tertiary/aromatic N) is 1. The summed E-state index contributed by atoms with van der Waals surface area (Å²) in [6.45, 7) is 5.37. The van der Waals surface area contributed by atoms with Gasteiger partial charge in [-0.15, -0.1) is 0 Å². The first kappa shape index (κ1) is 21.7. The maximum Gasteiger partial charge on any atom is 0.354 e. The molecule has 0 aromatic carbocycles. The summed E-state index contributed by atoms with van der Waals surface area (Å²) >= 11 is 0. The first-order valence-corrected chi connectivity index (χ1v) is 10.1. The first-order chi connectivity index (χ1) is 12.8. The third-order valence-corrected chi connectivity index (χ3v) is 6.00. The van der Waals surface area contributed by atoms with E-state index in [0.29, 0.717) is 5.57 Å². The minimum absolute atomic E-state index is 0.186. The third-order valence-electron chi connectivity index (χ3n) is 4.04. The van der Waals surface area contributed by atoms with Crippen LogP contribution in [-0.2, 0) is 23.1 Å². The lowest BCUT2D eigenvalue weighted by Gasteiger charge is -2.19. The second-order valence-corrected chi connectivity index (χ2v) is 7.76. The number of hydrogen-bond donors (Lipinski definition) is 2. The fraction of sp³-hybridized carbons (Fsp3) is 0.625. The summed E-state index contributed by atoms with van der Waals surface area (Å²) < 4.78 is 35.4. The Bertz CT molecular complexity index is 822. The van der Waals surface area contributed by atoms with Crippen molar-refractivity contribution >= 4 is 7.60 Å². The molecule has 1 aromatic rings. The Hall–Kier alpha value is -1.55. The van der Waals surface area contributed by atoms with Gasteiger partial charge < -0.3 is 23.6 Å². The summed E-state index contributed by atoms with van der Waals surface area (Å²) in [6, 6.07) is 1.16. The topological polar surface area (TPSA) is 129 Å². The van der Waals surface area contributed by atoms with Crippen molar-refractivity contribution in [1.82, 2.24) is 9.55 Å². The van der Waals surface area contributed by atoms with Crippen molar-refractivity contribution in [2.75, 3.05) is 20.3 Å². The monoisotopic (exact) mass is 404 g/mol. The van der Waals surface area contributed by atoms with E-state index in [2.05, 4.69) is 4.98 Å². The first-order valence-electron chi connectivity index (χ1n) is 8.52. The normalized spacial score (nSPS) is 26.5. The molecule has 0 bridgehead atoms. The standard InChI is InChI=1S/C16H25N2O8P/c1-5-24-27(22,25-6-2)9-10(3)13-12(20)14(23-4)15(26-13)18-8-7-11(19)17-16(18)21/h7-9,12-15,20H,5-6H2,1-4H3,(H,17,19,21)/b10-9+/t12?,13-,14?,15-/m1/s1. The van der Waals surface area contributed by atoms with Crippen molar-refractivity contribution in [2.45, 2.75) is 45.3 Å². The molecule has 2 N–H and O–H groups in total. The van der Waals surface area contributed by atoms with Crippen LogP contribution in [0.2, 0.25) is 0 Å².